The SMILES string of the molecule is CCOC(=O)C1=C(C)N=c2s/c(=C/c3c[nH]c4ccccc34)c(=O)n2C1c1ccc(F)cc1. The number of halogens is 1. The third kappa shape index (κ3) is 3.62. The fraction of sp³-hybridized carbons (Fsp3) is 0.160. The number of para-hydroxylation sites is 1. The summed E-state index contributed by atoms with van der Waals surface area (Å²) in [6.45, 7) is 3.63. The number of rotatable bonds is 4. The monoisotopic (exact) mass is 461 g/mol. The molecule has 8 heteroatoms. The van der Waals surface area contributed by atoms with Crippen molar-refractivity contribution in [3.63, 3.8) is 0 Å². The first-order chi connectivity index (χ1) is 16.0. The van der Waals surface area contributed by atoms with E-state index in [4.69, 9.17) is 4.74 Å². The van der Waals surface area contributed by atoms with E-state index in [2.05, 4.69) is 9.98 Å². The van der Waals surface area contributed by atoms with E-state index in [9.17, 15) is 14.0 Å². The normalized spacial score (nSPS) is 16.1. The molecule has 1 aliphatic heterocycles. The van der Waals surface area contributed by atoms with Crippen LogP contribution in [-0.4, -0.2) is 22.1 Å². The number of aromatic nitrogens is 2. The van der Waals surface area contributed by atoms with Crippen LogP contribution in [0.3, 0.4) is 0 Å². The Morgan fingerprint density at radius 2 is 2.00 bits per heavy atom. The number of benzene rings is 2. The lowest BCUT2D eigenvalue weighted by atomic mass is 9.96. The zero-order chi connectivity index (χ0) is 23.1. The highest BCUT2D eigenvalue weighted by molar-refractivity contribution is 7.07. The van der Waals surface area contributed by atoms with Gasteiger partial charge in [0.15, 0.2) is 4.80 Å². The maximum absolute atomic E-state index is 13.6. The summed E-state index contributed by atoms with van der Waals surface area (Å²) in [6.07, 6.45) is 3.68. The number of allylic oxidation sites excluding steroid dienone is 1. The van der Waals surface area contributed by atoms with Crippen molar-refractivity contribution in [3.8, 4) is 0 Å². The van der Waals surface area contributed by atoms with Crippen LogP contribution in [0.15, 0.2) is 75.8 Å². The van der Waals surface area contributed by atoms with Crippen LogP contribution in [0.2, 0.25) is 0 Å². The Bertz CT molecular complexity index is 1590. The highest BCUT2D eigenvalue weighted by Gasteiger charge is 2.33. The molecule has 0 amide bonds. The minimum absolute atomic E-state index is 0.191. The number of hydrogen-bond acceptors (Lipinski definition) is 5. The fourth-order valence-electron chi connectivity index (χ4n) is 4.11. The molecule has 166 valence electrons. The van der Waals surface area contributed by atoms with E-state index in [1.807, 2.05) is 36.5 Å². The van der Waals surface area contributed by atoms with Crippen molar-refractivity contribution in [3.05, 3.63) is 103 Å². The molecule has 5 rings (SSSR count). The molecule has 0 saturated carbocycles. The van der Waals surface area contributed by atoms with E-state index in [0.29, 0.717) is 20.6 Å². The first kappa shape index (κ1) is 21.1. The number of carbonyl (C=O) groups excluding carboxylic acids is 1. The number of aromatic amines is 1. The molecule has 0 fully saturated rings. The Morgan fingerprint density at radius 1 is 1.24 bits per heavy atom. The minimum Gasteiger partial charge on any atom is -0.463 e. The summed E-state index contributed by atoms with van der Waals surface area (Å²) >= 11 is 1.26. The minimum atomic E-state index is -0.758. The molecule has 0 spiro atoms. The highest BCUT2D eigenvalue weighted by atomic mass is 32.1. The lowest BCUT2D eigenvalue weighted by molar-refractivity contribution is -0.139. The first-order valence-electron chi connectivity index (χ1n) is 10.5. The molecule has 33 heavy (non-hydrogen) atoms. The van der Waals surface area contributed by atoms with Gasteiger partial charge in [-0.3, -0.25) is 9.36 Å². The van der Waals surface area contributed by atoms with Crippen LogP contribution in [0.5, 0.6) is 0 Å². The predicted octanol–water partition coefficient (Wildman–Crippen LogP) is 3.42. The Kier molecular flexibility index (Phi) is 5.30. The van der Waals surface area contributed by atoms with Gasteiger partial charge in [-0.15, -0.1) is 0 Å². The number of H-pyrrole nitrogens is 1. The molecule has 0 saturated heterocycles. The lowest BCUT2D eigenvalue weighted by Gasteiger charge is -2.24. The van der Waals surface area contributed by atoms with Crippen LogP contribution < -0.4 is 14.9 Å². The maximum Gasteiger partial charge on any atom is 0.338 e. The number of thiazole rings is 1. The molecule has 6 nitrogen and oxygen atoms in total. The van der Waals surface area contributed by atoms with Crippen molar-refractivity contribution in [2.75, 3.05) is 6.61 Å². The van der Waals surface area contributed by atoms with Gasteiger partial charge in [-0.1, -0.05) is 41.7 Å². The van der Waals surface area contributed by atoms with Gasteiger partial charge in [-0.05, 0) is 43.7 Å². The van der Waals surface area contributed by atoms with E-state index in [1.165, 1.54) is 28.0 Å². The molecule has 0 aliphatic carbocycles. The fourth-order valence-corrected chi connectivity index (χ4v) is 5.14. The van der Waals surface area contributed by atoms with Gasteiger partial charge in [0.2, 0.25) is 0 Å². The Balaban J connectivity index is 1.74. The zero-order valence-electron chi connectivity index (χ0n) is 18.0. The average Bonchev–Trinajstić information content (AvgIpc) is 3.35. The second-order valence-corrected chi connectivity index (χ2v) is 8.65. The largest absolute Gasteiger partial charge is 0.463 e. The second kappa shape index (κ2) is 8.29. The van der Waals surface area contributed by atoms with Crippen molar-refractivity contribution in [1.29, 1.82) is 0 Å². The summed E-state index contributed by atoms with van der Waals surface area (Å²) in [5, 5.41) is 1.00. The van der Waals surface area contributed by atoms with Crippen LogP contribution in [-0.2, 0) is 9.53 Å². The highest BCUT2D eigenvalue weighted by Crippen LogP contribution is 2.30. The number of nitrogens with one attached hydrogen (secondary N) is 1. The van der Waals surface area contributed by atoms with Crippen molar-refractivity contribution in [1.82, 2.24) is 9.55 Å². The Labute approximate surface area is 192 Å². The molecule has 1 unspecified atom stereocenters. The molecule has 3 heterocycles. The summed E-state index contributed by atoms with van der Waals surface area (Å²) < 4.78 is 20.9. The predicted molar refractivity (Wildman–Crippen MR) is 125 cm³/mol. The topological polar surface area (TPSA) is 76.4 Å². The van der Waals surface area contributed by atoms with Crippen LogP contribution in [0.4, 0.5) is 4.39 Å². The number of fused-ring (bicyclic) bond motifs is 2. The van der Waals surface area contributed by atoms with Crippen LogP contribution in [0.25, 0.3) is 17.0 Å². The van der Waals surface area contributed by atoms with Crippen molar-refractivity contribution < 1.29 is 13.9 Å². The number of nitrogens with zero attached hydrogens (tertiary/aromatic N) is 2. The standard InChI is InChI=1S/C25H20FN3O3S/c1-3-32-24(31)21-14(2)28-25-29(22(21)15-8-10-17(26)11-9-15)23(30)20(33-25)12-16-13-27-19-7-5-4-6-18(16)19/h4-13,22,27H,3H2,1-2H3/b20-12+. The third-order valence-corrected chi connectivity index (χ3v) is 6.59. The number of hydrogen-bond donors (Lipinski definition) is 1. The lowest BCUT2D eigenvalue weighted by Crippen LogP contribution is -2.39. The Hall–Kier alpha value is -3.78. The number of carbonyl (C=O) groups is 1. The molecular weight excluding hydrogens is 441 g/mol. The van der Waals surface area contributed by atoms with Gasteiger partial charge in [-0.2, -0.15) is 0 Å². The van der Waals surface area contributed by atoms with E-state index in [0.717, 1.165) is 16.5 Å². The van der Waals surface area contributed by atoms with Gasteiger partial charge in [-0.25, -0.2) is 14.2 Å². The quantitative estimate of drug-likeness (QED) is 0.473. The Morgan fingerprint density at radius 3 is 2.76 bits per heavy atom. The summed E-state index contributed by atoms with van der Waals surface area (Å²) in [6, 6.07) is 12.9. The summed E-state index contributed by atoms with van der Waals surface area (Å²) in [5.41, 5.74) is 2.94. The zero-order valence-corrected chi connectivity index (χ0v) is 18.8. The van der Waals surface area contributed by atoms with E-state index < -0.39 is 17.8 Å². The average molecular weight is 462 g/mol. The molecule has 1 N–H and O–H groups in total. The van der Waals surface area contributed by atoms with E-state index in [-0.39, 0.29) is 17.7 Å². The molecule has 0 bridgehead atoms. The number of esters is 1. The third-order valence-electron chi connectivity index (χ3n) is 5.61. The van der Waals surface area contributed by atoms with Crippen molar-refractivity contribution in [2.45, 2.75) is 19.9 Å². The molecule has 0 radical (unpaired) electrons. The van der Waals surface area contributed by atoms with Gasteiger partial charge < -0.3 is 9.72 Å². The molecule has 2 aromatic heterocycles. The number of ether oxygens (including phenoxy) is 1. The van der Waals surface area contributed by atoms with Gasteiger partial charge in [0.05, 0.1) is 28.5 Å². The molecule has 4 aromatic rings. The summed E-state index contributed by atoms with van der Waals surface area (Å²) in [4.78, 5) is 34.7. The van der Waals surface area contributed by atoms with Gasteiger partial charge in [0.25, 0.3) is 5.56 Å². The second-order valence-electron chi connectivity index (χ2n) is 7.64. The van der Waals surface area contributed by atoms with Crippen LogP contribution in [0, 0.1) is 5.82 Å². The molecule has 2 aromatic carbocycles. The molecular formula is C25H20FN3O3S. The summed E-state index contributed by atoms with van der Waals surface area (Å²) in [5.74, 6) is -0.942. The molecule has 1 atom stereocenters. The van der Waals surface area contributed by atoms with Crippen LogP contribution >= 0.6 is 11.3 Å². The smallest absolute Gasteiger partial charge is 0.338 e. The first-order valence-corrected chi connectivity index (χ1v) is 11.3. The van der Waals surface area contributed by atoms with E-state index >= 15 is 0 Å². The van der Waals surface area contributed by atoms with Gasteiger partial charge in [0.1, 0.15) is 5.82 Å². The van der Waals surface area contributed by atoms with Crippen molar-refractivity contribution in [2.24, 2.45) is 4.99 Å². The molecule has 1 aliphatic rings. The van der Waals surface area contributed by atoms with E-state index in [1.54, 1.807) is 26.0 Å². The van der Waals surface area contributed by atoms with Crippen molar-refractivity contribution >= 4 is 34.3 Å². The summed E-state index contributed by atoms with van der Waals surface area (Å²) in [7, 11) is 0. The van der Waals surface area contributed by atoms with Crippen LogP contribution in [0.1, 0.15) is 31.0 Å². The van der Waals surface area contributed by atoms with Gasteiger partial charge >= 0.3 is 5.97 Å². The maximum atomic E-state index is 13.6. The van der Waals surface area contributed by atoms with Gasteiger partial charge in [0, 0.05) is 22.7 Å².